The van der Waals surface area contributed by atoms with Crippen molar-refractivity contribution in [1.82, 2.24) is 0 Å². The van der Waals surface area contributed by atoms with Crippen molar-refractivity contribution in [1.29, 1.82) is 0 Å². The van der Waals surface area contributed by atoms with Crippen molar-refractivity contribution < 1.29 is 9.84 Å². The Morgan fingerprint density at radius 1 is 0.812 bits per heavy atom. The van der Waals surface area contributed by atoms with Crippen LogP contribution in [-0.2, 0) is 0 Å². The van der Waals surface area contributed by atoms with E-state index in [0.717, 1.165) is 23.3 Å². The fourth-order valence-electron chi connectivity index (χ4n) is 1.36. The van der Waals surface area contributed by atoms with Gasteiger partial charge in [-0.3, -0.25) is 0 Å². The van der Waals surface area contributed by atoms with Crippen LogP contribution in [0.15, 0.2) is 60.9 Å². The van der Waals surface area contributed by atoms with Gasteiger partial charge in [-0.05, 0) is 35.9 Å². The monoisotopic (exact) mass is 212 g/mol. The highest BCUT2D eigenvalue weighted by Crippen LogP contribution is 2.21. The molecule has 1 N–H and O–H groups in total. The molecule has 0 amide bonds. The van der Waals surface area contributed by atoms with Gasteiger partial charge in [0, 0.05) is 0 Å². The second-order valence-corrected chi connectivity index (χ2v) is 3.30. The first-order valence-corrected chi connectivity index (χ1v) is 5.02. The summed E-state index contributed by atoms with van der Waals surface area (Å²) in [5.74, 6) is 1.59. The first-order chi connectivity index (χ1) is 7.88. The van der Waals surface area contributed by atoms with E-state index < -0.39 is 0 Å². The van der Waals surface area contributed by atoms with Crippen molar-refractivity contribution in [3.05, 3.63) is 66.4 Å². The van der Waals surface area contributed by atoms with E-state index in [4.69, 9.17) is 9.84 Å². The lowest BCUT2D eigenvalue weighted by molar-refractivity contribution is 0.477. The van der Waals surface area contributed by atoms with E-state index in [0.29, 0.717) is 0 Å². The molecule has 2 nitrogen and oxygen atoms in total. The van der Waals surface area contributed by atoms with Gasteiger partial charge in [0.25, 0.3) is 0 Å². The lowest BCUT2D eigenvalue weighted by atomic mass is 10.2. The van der Waals surface area contributed by atoms with Crippen molar-refractivity contribution in [2.75, 3.05) is 0 Å². The number of aliphatic hydroxyl groups excluding tert-OH is 1. The number of rotatable bonds is 3. The standard InChI is InChI=1S/C14H12O2/c15-11-10-12-6-8-14(9-7-12)16-13-4-2-1-3-5-13/h1-11,15H. The molecular formula is C14H12O2. The van der Waals surface area contributed by atoms with Crippen LogP contribution in [0.3, 0.4) is 0 Å². The number of hydrogen-bond acceptors (Lipinski definition) is 2. The molecule has 2 aromatic carbocycles. The van der Waals surface area contributed by atoms with Crippen LogP contribution in [0.5, 0.6) is 11.5 Å². The number of benzene rings is 2. The van der Waals surface area contributed by atoms with E-state index >= 15 is 0 Å². The third-order valence-electron chi connectivity index (χ3n) is 2.13. The van der Waals surface area contributed by atoms with Gasteiger partial charge >= 0.3 is 0 Å². The third kappa shape index (κ3) is 2.64. The molecule has 0 atom stereocenters. The van der Waals surface area contributed by atoms with Crippen LogP contribution in [-0.4, -0.2) is 5.11 Å². The summed E-state index contributed by atoms with van der Waals surface area (Å²) < 4.78 is 5.62. The molecule has 2 aromatic rings. The Kier molecular flexibility index (Phi) is 3.24. The summed E-state index contributed by atoms with van der Waals surface area (Å²) in [4.78, 5) is 0. The van der Waals surface area contributed by atoms with Crippen LogP contribution >= 0.6 is 0 Å². The highest BCUT2D eigenvalue weighted by molar-refractivity contribution is 5.49. The van der Waals surface area contributed by atoms with Crippen LogP contribution in [0.4, 0.5) is 0 Å². The number of hydrogen-bond donors (Lipinski definition) is 1. The average Bonchev–Trinajstić information content (AvgIpc) is 2.33. The van der Waals surface area contributed by atoms with E-state index in [9.17, 15) is 0 Å². The summed E-state index contributed by atoms with van der Waals surface area (Å²) in [6.07, 6.45) is 2.64. The van der Waals surface area contributed by atoms with Crippen molar-refractivity contribution in [2.45, 2.75) is 0 Å². The molecule has 0 bridgehead atoms. The van der Waals surface area contributed by atoms with E-state index in [-0.39, 0.29) is 0 Å². The van der Waals surface area contributed by atoms with Crippen LogP contribution in [0.25, 0.3) is 6.08 Å². The maximum absolute atomic E-state index is 8.61. The van der Waals surface area contributed by atoms with Crippen LogP contribution < -0.4 is 4.74 Å². The molecule has 0 aromatic heterocycles. The molecule has 0 aliphatic carbocycles. The van der Waals surface area contributed by atoms with Gasteiger partial charge in [-0.2, -0.15) is 0 Å². The normalized spacial score (nSPS) is 10.5. The van der Waals surface area contributed by atoms with E-state index in [1.165, 1.54) is 0 Å². The van der Waals surface area contributed by atoms with Crippen molar-refractivity contribution >= 4 is 6.08 Å². The number of para-hydroxylation sites is 1. The van der Waals surface area contributed by atoms with E-state index in [2.05, 4.69) is 0 Å². The average molecular weight is 212 g/mol. The summed E-state index contributed by atoms with van der Waals surface area (Å²) in [6.45, 7) is 0. The fourth-order valence-corrected chi connectivity index (χ4v) is 1.36. The number of ether oxygens (including phenoxy) is 1. The first-order valence-electron chi connectivity index (χ1n) is 5.02. The van der Waals surface area contributed by atoms with Crippen LogP contribution in [0.1, 0.15) is 5.56 Å². The van der Waals surface area contributed by atoms with Crippen LogP contribution in [0.2, 0.25) is 0 Å². The molecule has 0 radical (unpaired) electrons. The Hall–Kier alpha value is -2.22. The van der Waals surface area contributed by atoms with Gasteiger partial charge in [-0.15, -0.1) is 0 Å². The number of aliphatic hydroxyl groups is 1. The Morgan fingerprint density at radius 3 is 2.06 bits per heavy atom. The summed E-state index contributed by atoms with van der Waals surface area (Å²) in [7, 11) is 0. The zero-order valence-corrected chi connectivity index (χ0v) is 8.71. The quantitative estimate of drug-likeness (QED) is 0.779. The Morgan fingerprint density at radius 2 is 1.44 bits per heavy atom. The lowest BCUT2D eigenvalue weighted by Crippen LogP contribution is -1.83. The lowest BCUT2D eigenvalue weighted by Gasteiger charge is -2.05. The van der Waals surface area contributed by atoms with Crippen molar-refractivity contribution in [3.63, 3.8) is 0 Å². The molecular weight excluding hydrogens is 200 g/mol. The highest BCUT2D eigenvalue weighted by Gasteiger charge is 1.95. The maximum Gasteiger partial charge on any atom is 0.127 e. The molecule has 80 valence electrons. The van der Waals surface area contributed by atoms with Crippen molar-refractivity contribution in [3.8, 4) is 11.5 Å². The molecule has 0 saturated heterocycles. The second kappa shape index (κ2) is 5.03. The second-order valence-electron chi connectivity index (χ2n) is 3.30. The van der Waals surface area contributed by atoms with Crippen molar-refractivity contribution in [2.24, 2.45) is 0 Å². The minimum absolute atomic E-state index is 0.779. The predicted molar refractivity (Wildman–Crippen MR) is 64.6 cm³/mol. The molecule has 0 spiro atoms. The molecule has 0 aliphatic rings. The van der Waals surface area contributed by atoms with Gasteiger partial charge < -0.3 is 9.84 Å². The van der Waals surface area contributed by atoms with Gasteiger partial charge in [-0.25, -0.2) is 0 Å². The van der Waals surface area contributed by atoms with Gasteiger partial charge in [0.15, 0.2) is 0 Å². The highest BCUT2D eigenvalue weighted by atomic mass is 16.5. The minimum atomic E-state index is 0.779. The summed E-state index contributed by atoms with van der Waals surface area (Å²) in [6, 6.07) is 17.1. The van der Waals surface area contributed by atoms with E-state index in [1.54, 1.807) is 6.08 Å². The van der Waals surface area contributed by atoms with Gasteiger partial charge in [0.2, 0.25) is 0 Å². The van der Waals surface area contributed by atoms with E-state index in [1.807, 2.05) is 54.6 Å². The minimum Gasteiger partial charge on any atom is -0.516 e. The molecule has 2 rings (SSSR count). The first kappa shape index (κ1) is 10.3. The van der Waals surface area contributed by atoms with Gasteiger partial charge in [-0.1, -0.05) is 30.3 Å². The largest absolute Gasteiger partial charge is 0.516 e. The molecule has 0 fully saturated rings. The maximum atomic E-state index is 8.61. The Balaban J connectivity index is 2.11. The summed E-state index contributed by atoms with van der Waals surface area (Å²) in [5, 5.41) is 8.61. The molecule has 16 heavy (non-hydrogen) atoms. The van der Waals surface area contributed by atoms with Crippen LogP contribution in [0, 0.1) is 0 Å². The van der Waals surface area contributed by atoms with Gasteiger partial charge in [0.05, 0.1) is 6.26 Å². The molecule has 0 aliphatic heterocycles. The molecule has 0 unspecified atom stereocenters. The topological polar surface area (TPSA) is 29.5 Å². The smallest absolute Gasteiger partial charge is 0.127 e. The molecule has 2 heteroatoms. The predicted octanol–water partition coefficient (Wildman–Crippen LogP) is 4.01. The Bertz CT molecular complexity index is 458. The SMILES string of the molecule is OC=Cc1ccc(Oc2ccccc2)cc1. The Labute approximate surface area is 94.4 Å². The molecule has 0 heterocycles. The molecule has 0 saturated carbocycles. The van der Waals surface area contributed by atoms with Gasteiger partial charge in [0.1, 0.15) is 11.5 Å². The zero-order valence-electron chi connectivity index (χ0n) is 8.71. The fraction of sp³-hybridized carbons (Fsp3) is 0. The summed E-state index contributed by atoms with van der Waals surface area (Å²) >= 11 is 0. The summed E-state index contributed by atoms with van der Waals surface area (Å²) in [5.41, 5.74) is 0.933. The third-order valence-corrected chi connectivity index (χ3v) is 2.13. The zero-order chi connectivity index (χ0) is 11.2.